The van der Waals surface area contributed by atoms with E-state index in [1.165, 1.54) is 27.6 Å². The summed E-state index contributed by atoms with van der Waals surface area (Å²) >= 11 is 0. The molecule has 0 radical (unpaired) electrons. The molecule has 0 aliphatic heterocycles. The third-order valence-electron chi connectivity index (χ3n) is 3.61. The molecule has 2 N–H and O–H groups in total. The monoisotopic (exact) mass is 250 g/mol. The molecule has 2 heteroatoms. The molecule has 3 aromatic rings. The number of nitrogens with zero attached hydrogens (tertiary/aromatic N) is 1. The van der Waals surface area contributed by atoms with E-state index in [2.05, 4.69) is 60.2 Å². The summed E-state index contributed by atoms with van der Waals surface area (Å²) in [5, 5.41) is 1.30. The molecule has 3 rings (SSSR count). The van der Waals surface area contributed by atoms with Gasteiger partial charge >= 0.3 is 0 Å². The van der Waals surface area contributed by atoms with E-state index in [-0.39, 0.29) is 0 Å². The summed E-state index contributed by atoms with van der Waals surface area (Å²) in [6.45, 7) is 3.59. The first-order valence-electron chi connectivity index (χ1n) is 6.60. The van der Waals surface area contributed by atoms with Gasteiger partial charge in [0.1, 0.15) is 0 Å². The first-order valence-corrected chi connectivity index (χ1v) is 6.60. The fraction of sp³-hybridized carbons (Fsp3) is 0.176. The molecule has 0 atom stereocenters. The van der Waals surface area contributed by atoms with E-state index in [4.69, 9.17) is 5.73 Å². The summed E-state index contributed by atoms with van der Waals surface area (Å²) in [6, 6.07) is 17.1. The van der Waals surface area contributed by atoms with Crippen LogP contribution in [0.25, 0.3) is 10.9 Å². The molecule has 2 aromatic carbocycles. The third kappa shape index (κ3) is 2.27. The minimum atomic E-state index is 0.592. The zero-order valence-electron chi connectivity index (χ0n) is 11.1. The molecule has 0 aliphatic carbocycles. The van der Waals surface area contributed by atoms with Gasteiger partial charge in [-0.1, -0.05) is 35.9 Å². The molecule has 2 nitrogen and oxygen atoms in total. The molecule has 0 amide bonds. The van der Waals surface area contributed by atoms with E-state index in [0.29, 0.717) is 6.54 Å². The second kappa shape index (κ2) is 4.90. The van der Waals surface area contributed by atoms with Crippen LogP contribution >= 0.6 is 0 Å². The molecule has 0 saturated carbocycles. The molecule has 96 valence electrons. The van der Waals surface area contributed by atoms with Crippen molar-refractivity contribution >= 4 is 10.9 Å². The predicted octanol–water partition coefficient (Wildman–Crippen LogP) is 3.46. The van der Waals surface area contributed by atoms with Gasteiger partial charge in [-0.25, -0.2) is 0 Å². The van der Waals surface area contributed by atoms with E-state index in [1.807, 2.05) is 6.07 Å². The largest absolute Gasteiger partial charge is 0.343 e. The van der Waals surface area contributed by atoms with Gasteiger partial charge in [0, 0.05) is 24.8 Å². The van der Waals surface area contributed by atoms with Crippen LogP contribution in [0, 0.1) is 6.92 Å². The highest BCUT2D eigenvalue weighted by atomic mass is 14.9. The molecule has 1 aromatic heterocycles. The summed E-state index contributed by atoms with van der Waals surface area (Å²) in [5.41, 5.74) is 10.9. The van der Waals surface area contributed by atoms with Gasteiger partial charge in [-0.05, 0) is 41.6 Å². The van der Waals surface area contributed by atoms with Crippen LogP contribution in [0.15, 0.2) is 54.7 Å². The summed E-state index contributed by atoms with van der Waals surface area (Å²) in [5.74, 6) is 0. The molecule has 0 saturated heterocycles. The van der Waals surface area contributed by atoms with Crippen molar-refractivity contribution in [2.24, 2.45) is 5.73 Å². The lowest BCUT2D eigenvalue weighted by atomic mass is 10.1. The van der Waals surface area contributed by atoms with Gasteiger partial charge < -0.3 is 10.3 Å². The van der Waals surface area contributed by atoms with E-state index in [1.54, 1.807) is 0 Å². The molecule has 0 unspecified atom stereocenters. The molecule has 0 aliphatic rings. The van der Waals surface area contributed by atoms with Gasteiger partial charge in [0.05, 0.1) is 0 Å². The van der Waals surface area contributed by atoms with Crippen LogP contribution in [-0.2, 0) is 13.1 Å². The lowest BCUT2D eigenvalue weighted by Gasteiger charge is -2.10. The van der Waals surface area contributed by atoms with Crippen molar-refractivity contribution in [3.05, 3.63) is 71.4 Å². The molecular weight excluding hydrogens is 232 g/mol. The molecule has 1 heterocycles. The maximum atomic E-state index is 5.80. The third-order valence-corrected chi connectivity index (χ3v) is 3.61. The Morgan fingerprint density at radius 1 is 1.00 bits per heavy atom. The lowest BCUT2D eigenvalue weighted by molar-refractivity contribution is 0.820. The number of hydrogen-bond donors (Lipinski definition) is 1. The highest BCUT2D eigenvalue weighted by molar-refractivity contribution is 5.80. The Kier molecular flexibility index (Phi) is 3.10. The molecule has 19 heavy (non-hydrogen) atoms. The average molecular weight is 250 g/mol. The summed E-state index contributed by atoms with van der Waals surface area (Å²) in [6.07, 6.45) is 2.15. The van der Waals surface area contributed by atoms with Crippen molar-refractivity contribution in [3.63, 3.8) is 0 Å². The van der Waals surface area contributed by atoms with Gasteiger partial charge in [-0.15, -0.1) is 0 Å². The van der Waals surface area contributed by atoms with Crippen molar-refractivity contribution < 1.29 is 0 Å². The second-order valence-electron chi connectivity index (χ2n) is 4.98. The van der Waals surface area contributed by atoms with E-state index in [0.717, 1.165) is 6.54 Å². The van der Waals surface area contributed by atoms with Crippen LogP contribution in [0.1, 0.15) is 16.7 Å². The quantitative estimate of drug-likeness (QED) is 0.758. The summed E-state index contributed by atoms with van der Waals surface area (Å²) in [4.78, 5) is 0. The zero-order valence-corrected chi connectivity index (χ0v) is 11.1. The van der Waals surface area contributed by atoms with Gasteiger partial charge in [0.2, 0.25) is 0 Å². The normalized spacial score (nSPS) is 11.1. The fourth-order valence-electron chi connectivity index (χ4n) is 2.55. The van der Waals surface area contributed by atoms with Crippen LogP contribution in [-0.4, -0.2) is 4.57 Å². The van der Waals surface area contributed by atoms with Crippen LogP contribution < -0.4 is 5.73 Å². The van der Waals surface area contributed by atoms with Gasteiger partial charge in [-0.3, -0.25) is 0 Å². The Labute approximate surface area is 113 Å². The number of hydrogen-bond acceptors (Lipinski definition) is 1. The lowest BCUT2D eigenvalue weighted by Crippen LogP contribution is -2.05. The van der Waals surface area contributed by atoms with Gasteiger partial charge in [0.15, 0.2) is 0 Å². The molecular formula is C17H18N2. The van der Waals surface area contributed by atoms with E-state index in [9.17, 15) is 0 Å². The number of benzene rings is 2. The van der Waals surface area contributed by atoms with Crippen molar-refractivity contribution in [1.29, 1.82) is 0 Å². The van der Waals surface area contributed by atoms with E-state index < -0.39 is 0 Å². The van der Waals surface area contributed by atoms with Crippen molar-refractivity contribution in [3.8, 4) is 0 Å². The number of fused-ring (bicyclic) bond motifs is 1. The maximum Gasteiger partial charge on any atom is 0.0483 e. The number of nitrogens with two attached hydrogens (primary N) is 1. The molecule has 0 fully saturated rings. The SMILES string of the molecule is Cc1ccc2c(ccn2Cc2ccccc2CN)c1. The van der Waals surface area contributed by atoms with Gasteiger partial charge in [0.25, 0.3) is 0 Å². The number of aromatic nitrogens is 1. The Bertz CT molecular complexity index is 710. The maximum absolute atomic E-state index is 5.80. The summed E-state index contributed by atoms with van der Waals surface area (Å²) < 4.78 is 2.28. The van der Waals surface area contributed by atoms with Crippen molar-refractivity contribution in [2.75, 3.05) is 0 Å². The average Bonchev–Trinajstić information content (AvgIpc) is 2.82. The standard InChI is InChI=1S/C17H18N2/c1-13-6-7-17-14(10-13)8-9-19(17)12-16-5-3-2-4-15(16)11-18/h2-10H,11-12,18H2,1H3. The second-order valence-corrected chi connectivity index (χ2v) is 4.98. The van der Waals surface area contributed by atoms with Gasteiger partial charge in [-0.2, -0.15) is 0 Å². The Morgan fingerprint density at radius 2 is 1.79 bits per heavy atom. The Hall–Kier alpha value is -2.06. The fourth-order valence-corrected chi connectivity index (χ4v) is 2.55. The topological polar surface area (TPSA) is 30.9 Å². The predicted molar refractivity (Wildman–Crippen MR) is 80.1 cm³/mol. The van der Waals surface area contributed by atoms with Crippen LogP contribution in [0.3, 0.4) is 0 Å². The smallest absolute Gasteiger partial charge is 0.0483 e. The first kappa shape index (κ1) is 12.0. The van der Waals surface area contributed by atoms with Crippen LogP contribution in [0.5, 0.6) is 0 Å². The van der Waals surface area contributed by atoms with Crippen LogP contribution in [0.2, 0.25) is 0 Å². The zero-order chi connectivity index (χ0) is 13.2. The molecule has 0 bridgehead atoms. The summed E-state index contributed by atoms with van der Waals surface area (Å²) in [7, 11) is 0. The van der Waals surface area contributed by atoms with E-state index >= 15 is 0 Å². The Balaban J connectivity index is 2.01. The number of aryl methyl sites for hydroxylation is 1. The van der Waals surface area contributed by atoms with Crippen molar-refractivity contribution in [2.45, 2.75) is 20.0 Å². The Morgan fingerprint density at radius 3 is 2.58 bits per heavy atom. The van der Waals surface area contributed by atoms with Crippen LogP contribution in [0.4, 0.5) is 0 Å². The number of rotatable bonds is 3. The minimum Gasteiger partial charge on any atom is -0.343 e. The highest BCUT2D eigenvalue weighted by Crippen LogP contribution is 2.19. The highest BCUT2D eigenvalue weighted by Gasteiger charge is 2.04. The molecule has 0 spiro atoms. The van der Waals surface area contributed by atoms with Crippen molar-refractivity contribution in [1.82, 2.24) is 4.57 Å². The first-order chi connectivity index (χ1) is 9.28. The minimum absolute atomic E-state index is 0.592.